The van der Waals surface area contributed by atoms with Crippen molar-refractivity contribution in [3.8, 4) is 0 Å². The Kier molecular flexibility index (Phi) is 6.73. The first-order valence-corrected chi connectivity index (χ1v) is 4.89. The van der Waals surface area contributed by atoms with Crippen LogP contribution in [-0.2, 0) is 4.79 Å². The molecule has 0 radical (unpaired) electrons. The Bertz CT molecular complexity index is 147. The number of carbonyl (C=O) groups excluding carboxylic acids is 1. The Morgan fingerprint density at radius 3 is 2.33 bits per heavy atom. The highest BCUT2D eigenvalue weighted by molar-refractivity contribution is 5.78. The van der Waals surface area contributed by atoms with Gasteiger partial charge in [-0.3, -0.25) is 4.79 Å². The van der Waals surface area contributed by atoms with Crippen LogP contribution in [0, 0.1) is 0 Å². The van der Waals surface area contributed by atoms with Crippen LogP contribution in [0.25, 0.3) is 0 Å². The van der Waals surface area contributed by atoms with Gasteiger partial charge in [0.05, 0.1) is 0 Å². The summed E-state index contributed by atoms with van der Waals surface area (Å²) in [5.41, 5.74) is 1.26. The number of allylic oxidation sites excluding steroid dienone is 1. The molecule has 70 valence electrons. The van der Waals surface area contributed by atoms with Crippen LogP contribution >= 0.6 is 0 Å². The summed E-state index contributed by atoms with van der Waals surface area (Å²) in [5, 5.41) is 0. The van der Waals surface area contributed by atoms with Gasteiger partial charge in [-0.1, -0.05) is 26.0 Å². The second kappa shape index (κ2) is 7.08. The highest BCUT2D eigenvalue weighted by atomic mass is 16.1. The molecule has 0 heterocycles. The molecule has 0 aromatic rings. The number of carbonyl (C=O) groups is 1. The van der Waals surface area contributed by atoms with Gasteiger partial charge in [0.1, 0.15) is 5.78 Å². The largest absolute Gasteiger partial charge is 0.300 e. The minimum absolute atomic E-state index is 0.404. The predicted octanol–water partition coefficient (Wildman–Crippen LogP) is 3.49. The molecule has 0 bridgehead atoms. The van der Waals surface area contributed by atoms with Crippen molar-refractivity contribution in [3.05, 3.63) is 12.2 Å². The fourth-order valence-corrected chi connectivity index (χ4v) is 1.12. The third-order valence-electron chi connectivity index (χ3n) is 2.01. The first kappa shape index (κ1) is 11.4. The maximum Gasteiger partial charge on any atom is 0.132 e. The molecule has 0 rings (SSSR count). The van der Waals surface area contributed by atoms with Gasteiger partial charge in [0.25, 0.3) is 0 Å². The van der Waals surface area contributed by atoms with E-state index in [-0.39, 0.29) is 0 Å². The zero-order chi connectivity index (χ0) is 9.40. The summed E-state index contributed by atoms with van der Waals surface area (Å²) in [4.78, 5) is 11.1. The molecule has 1 heteroatoms. The Morgan fingerprint density at radius 2 is 1.83 bits per heavy atom. The van der Waals surface area contributed by atoms with Gasteiger partial charge in [-0.05, 0) is 25.7 Å². The quantitative estimate of drug-likeness (QED) is 0.532. The fourth-order valence-electron chi connectivity index (χ4n) is 1.12. The van der Waals surface area contributed by atoms with Gasteiger partial charge in [-0.15, -0.1) is 0 Å². The van der Waals surface area contributed by atoms with Crippen LogP contribution in [0.5, 0.6) is 0 Å². The second-order valence-corrected chi connectivity index (χ2v) is 3.25. The number of hydrogen-bond acceptors (Lipinski definition) is 1. The van der Waals surface area contributed by atoms with E-state index >= 15 is 0 Å². The lowest BCUT2D eigenvalue weighted by Gasteiger charge is -2.01. The van der Waals surface area contributed by atoms with E-state index in [1.807, 2.05) is 6.92 Å². The average Bonchev–Trinajstić information content (AvgIpc) is 2.04. The minimum Gasteiger partial charge on any atom is -0.300 e. The Labute approximate surface area is 75.9 Å². The van der Waals surface area contributed by atoms with Crippen LogP contribution < -0.4 is 0 Å². The molecule has 0 aromatic carbocycles. The number of hydrogen-bond donors (Lipinski definition) is 0. The Balaban J connectivity index is 3.30. The van der Waals surface area contributed by atoms with Gasteiger partial charge in [0, 0.05) is 12.8 Å². The monoisotopic (exact) mass is 168 g/mol. The average molecular weight is 168 g/mol. The van der Waals surface area contributed by atoms with E-state index in [1.54, 1.807) is 0 Å². The molecule has 0 aliphatic carbocycles. The third kappa shape index (κ3) is 6.14. The highest BCUT2D eigenvalue weighted by Gasteiger charge is 1.99. The maximum absolute atomic E-state index is 11.1. The first-order valence-electron chi connectivity index (χ1n) is 4.89. The molecule has 0 aliphatic heterocycles. The van der Waals surface area contributed by atoms with Crippen molar-refractivity contribution in [2.75, 3.05) is 0 Å². The zero-order valence-electron chi connectivity index (χ0n) is 8.36. The summed E-state index contributed by atoms with van der Waals surface area (Å²) in [6.07, 6.45) is 5.53. The summed E-state index contributed by atoms with van der Waals surface area (Å²) >= 11 is 0. The molecule has 0 amide bonds. The molecule has 0 atom stereocenters. The van der Waals surface area contributed by atoms with Crippen LogP contribution in [0.1, 0.15) is 52.4 Å². The first-order chi connectivity index (χ1) is 5.70. The summed E-state index contributed by atoms with van der Waals surface area (Å²) in [6.45, 7) is 8.06. The summed E-state index contributed by atoms with van der Waals surface area (Å²) < 4.78 is 0. The summed E-state index contributed by atoms with van der Waals surface area (Å²) in [7, 11) is 0. The Hall–Kier alpha value is -0.590. The predicted molar refractivity (Wildman–Crippen MR) is 53.2 cm³/mol. The molecular formula is C11H20O. The van der Waals surface area contributed by atoms with E-state index in [0.717, 1.165) is 38.5 Å². The molecule has 12 heavy (non-hydrogen) atoms. The lowest BCUT2D eigenvalue weighted by atomic mass is 10.0. The van der Waals surface area contributed by atoms with E-state index < -0.39 is 0 Å². The van der Waals surface area contributed by atoms with Crippen LogP contribution in [0.4, 0.5) is 0 Å². The topological polar surface area (TPSA) is 17.1 Å². The number of ketones is 1. The standard InChI is InChI=1S/C11H20O/c1-4-7-11(12)9-6-8-10(3)5-2/h3-9H2,1-2H3. The summed E-state index contributed by atoms with van der Waals surface area (Å²) in [6, 6.07) is 0. The molecule has 0 aromatic heterocycles. The lowest BCUT2D eigenvalue weighted by Crippen LogP contribution is -1.96. The van der Waals surface area contributed by atoms with Gasteiger partial charge in [0.2, 0.25) is 0 Å². The van der Waals surface area contributed by atoms with Crippen molar-refractivity contribution in [3.63, 3.8) is 0 Å². The van der Waals surface area contributed by atoms with Crippen molar-refractivity contribution >= 4 is 5.78 Å². The lowest BCUT2D eigenvalue weighted by molar-refractivity contribution is -0.119. The fraction of sp³-hybridized carbons (Fsp3) is 0.727. The summed E-state index contributed by atoms with van der Waals surface area (Å²) in [5.74, 6) is 0.404. The van der Waals surface area contributed by atoms with Gasteiger partial charge >= 0.3 is 0 Å². The van der Waals surface area contributed by atoms with Crippen molar-refractivity contribution in [2.45, 2.75) is 52.4 Å². The van der Waals surface area contributed by atoms with Gasteiger partial charge in [-0.25, -0.2) is 0 Å². The van der Waals surface area contributed by atoms with Gasteiger partial charge < -0.3 is 0 Å². The molecule has 1 nitrogen and oxygen atoms in total. The molecule has 0 fully saturated rings. The number of Topliss-reactive ketones (excluding diaryl/α,β-unsaturated/α-hetero) is 1. The van der Waals surface area contributed by atoms with Gasteiger partial charge in [-0.2, -0.15) is 0 Å². The van der Waals surface area contributed by atoms with Crippen LogP contribution in [0.2, 0.25) is 0 Å². The van der Waals surface area contributed by atoms with Gasteiger partial charge in [0.15, 0.2) is 0 Å². The highest BCUT2D eigenvalue weighted by Crippen LogP contribution is 2.09. The smallest absolute Gasteiger partial charge is 0.132 e. The zero-order valence-corrected chi connectivity index (χ0v) is 8.36. The van der Waals surface area contributed by atoms with Crippen LogP contribution in [-0.4, -0.2) is 5.78 Å². The van der Waals surface area contributed by atoms with Crippen molar-refractivity contribution in [1.29, 1.82) is 0 Å². The van der Waals surface area contributed by atoms with Crippen molar-refractivity contribution in [2.24, 2.45) is 0 Å². The maximum atomic E-state index is 11.1. The van der Waals surface area contributed by atoms with E-state index in [1.165, 1.54) is 5.57 Å². The molecular weight excluding hydrogens is 148 g/mol. The second-order valence-electron chi connectivity index (χ2n) is 3.25. The molecule has 0 saturated heterocycles. The van der Waals surface area contributed by atoms with E-state index in [0.29, 0.717) is 5.78 Å². The number of rotatable bonds is 7. The molecule has 0 unspecified atom stereocenters. The minimum atomic E-state index is 0.404. The van der Waals surface area contributed by atoms with Crippen LogP contribution in [0.15, 0.2) is 12.2 Å². The van der Waals surface area contributed by atoms with Crippen LogP contribution in [0.3, 0.4) is 0 Å². The van der Waals surface area contributed by atoms with Crippen molar-refractivity contribution in [1.82, 2.24) is 0 Å². The normalized spacial score (nSPS) is 9.83. The molecule has 0 saturated carbocycles. The van der Waals surface area contributed by atoms with E-state index in [4.69, 9.17) is 0 Å². The third-order valence-corrected chi connectivity index (χ3v) is 2.01. The van der Waals surface area contributed by atoms with Crippen molar-refractivity contribution < 1.29 is 4.79 Å². The SMILES string of the molecule is C=C(CC)CCCC(=O)CCC. The molecule has 0 spiro atoms. The van der Waals surface area contributed by atoms with E-state index in [9.17, 15) is 4.79 Å². The Morgan fingerprint density at radius 1 is 1.17 bits per heavy atom. The van der Waals surface area contributed by atoms with E-state index in [2.05, 4.69) is 13.5 Å². The molecule has 0 N–H and O–H groups in total. The molecule has 0 aliphatic rings.